The molecule has 0 saturated carbocycles. The number of aromatic nitrogens is 1. The van der Waals surface area contributed by atoms with Crippen molar-refractivity contribution in [2.75, 3.05) is 0 Å². The Kier molecular flexibility index (Phi) is 3.09. The van der Waals surface area contributed by atoms with E-state index in [4.69, 9.17) is 0 Å². The van der Waals surface area contributed by atoms with Crippen molar-refractivity contribution in [2.24, 2.45) is 0 Å². The second-order valence-corrected chi connectivity index (χ2v) is 5.11. The molecule has 1 rings (SSSR count). The number of hydrogen-bond acceptors (Lipinski definition) is 3. The predicted molar refractivity (Wildman–Crippen MR) is 63.0 cm³/mol. The summed E-state index contributed by atoms with van der Waals surface area (Å²) in [5.41, 5.74) is 0.0160. The zero-order chi connectivity index (χ0) is 11.7. The molecule has 1 heterocycles. The van der Waals surface area contributed by atoms with Crippen LogP contribution in [0, 0.1) is 0 Å². The molecule has 0 aliphatic heterocycles. The van der Waals surface area contributed by atoms with Crippen LogP contribution in [0.4, 0.5) is 0 Å². The van der Waals surface area contributed by atoms with Crippen LogP contribution in [0.2, 0.25) is 5.31 Å². The summed E-state index contributed by atoms with van der Waals surface area (Å²) in [6.45, 7) is 7.54. The highest BCUT2D eigenvalue weighted by Gasteiger charge is 2.36. The first-order valence-electron chi connectivity index (χ1n) is 5.10. The van der Waals surface area contributed by atoms with Crippen molar-refractivity contribution in [1.82, 2.24) is 4.98 Å². The average molecular weight is 207 g/mol. The zero-order valence-electron chi connectivity index (χ0n) is 9.78. The molecular weight excluding hydrogens is 189 g/mol. The van der Waals surface area contributed by atoms with Crippen LogP contribution in [0.1, 0.15) is 27.7 Å². The van der Waals surface area contributed by atoms with Crippen molar-refractivity contribution in [3.05, 3.63) is 18.2 Å². The van der Waals surface area contributed by atoms with Crippen LogP contribution in [-0.4, -0.2) is 28.1 Å². The lowest BCUT2D eigenvalue weighted by Crippen LogP contribution is -2.42. The van der Waals surface area contributed by atoms with E-state index in [2.05, 4.69) is 4.98 Å². The monoisotopic (exact) mass is 207 g/mol. The number of aliphatic hydroxyl groups is 1. The maximum Gasteiger partial charge on any atom is 0.210 e. The van der Waals surface area contributed by atoms with Gasteiger partial charge in [-0.25, -0.2) is 4.98 Å². The number of hydrogen-bond donors (Lipinski definition) is 2. The molecule has 1 aromatic heterocycles. The van der Waals surface area contributed by atoms with E-state index in [1.807, 2.05) is 19.9 Å². The molecule has 4 heteroatoms. The summed E-state index contributed by atoms with van der Waals surface area (Å²) in [6.07, 6.45) is 0. The maximum absolute atomic E-state index is 9.99. The number of pyridine rings is 1. The van der Waals surface area contributed by atoms with Gasteiger partial charge in [0.25, 0.3) is 0 Å². The summed E-state index contributed by atoms with van der Waals surface area (Å²) in [4.78, 5) is 4.02. The number of rotatable bonds is 3. The zero-order valence-corrected chi connectivity index (χ0v) is 9.78. The van der Waals surface area contributed by atoms with Gasteiger partial charge in [0.2, 0.25) is 5.88 Å². The Bertz CT molecular complexity index is 345. The van der Waals surface area contributed by atoms with Crippen molar-refractivity contribution >= 4 is 12.9 Å². The van der Waals surface area contributed by atoms with Crippen LogP contribution in [0.3, 0.4) is 0 Å². The van der Waals surface area contributed by atoms with E-state index in [0.717, 1.165) is 5.59 Å². The molecule has 1 aromatic rings. The van der Waals surface area contributed by atoms with Crippen LogP contribution in [0.5, 0.6) is 5.88 Å². The Hall–Kier alpha value is -1.03. The Morgan fingerprint density at radius 3 is 2.27 bits per heavy atom. The molecule has 0 unspecified atom stereocenters. The SMILES string of the molecule is CC(C)(O)C(C)(C)Bc1cccc(O)n1. The molecule has 3 nitrogen and oxygen atoms in total. The fourth-order valence-corrected chi connectivity index (χ4v) is 1.23. The fourth-order valence-electron chi connectivity index (χ4n) is 1.23. The lowest BCUT2D eigenvalue weighted by atomic mass is 9.46. The van der Waals surface area contributed by atoms with Crippen LogP contribution >= 0.6 is 0 Å². The Morgan fingerprint density at radius 2 is 1.80 bits per heavy atom. The molecule has 0 spiro atoms. The van der Waals surface area contributed by atoms with Gasteiger partial charge in [0.1, 0.15) is 0 Å². The fraction of sp³-hybridized carbons (Fsp3) is 0.545. The van der Waals surface area contributed by atoms with Crippen molar-refractivity contribution in [3.63, 3.8) is 0 Å². The minimum absolute atomic E-state index is 0.0269. The number of nitrogens with zero attached hydrogens (tertiary/aromatic N) is 1. The molecule has 0 bridgehead atoms. The van der Waals surface area contributed by atoms with Gasteiger partial charge in [-0.05, 0) is 19.2 Å². The van der Waals surface area contributed by atoms with Gasteiger partial charge in [-0.2, -0.15) is 0 Å². The second-order valence-electron chi connectivity index (χ2n) is 5.11. The number of aromatic hydroxyl groups is 1. The van der Waals surface area contributed by atoms with Gasteiger partial charge < -0.3 is 10.2 Å². The van der Waals surface area contributed by atoms with E-state index in [1.54, 1.807) is 26.0 Å². The first-order chi connectivity index (χ1) is 6.72. The van der Waals surface area contributed by atoms with Crippen molar-refractivity contribution in [1.29, 1.82) is 0 Å². The van der Waals surface area contributed by atoms with Gasteiger partial charge >= 0.3 is 0 Å². The molecule has 2 N–H and O–H groups in total. The smallest absolute Gasteiger partial charge is 0.210 e. The molecule has 0 amide bonds. The largest absolute Gasteiger partial charge is 0.493 e. The van der Waals surface area contributed by atoms with Crippen molar-refractivity contribution < 1.29 is 10.2 Å². The highest BCUT2D eigenvalue weighted by molar-refractivity contribution is 6.56. The average Bonchev–Trinajstić information content (AvgIpc) is 2.00. The molecule has 15 heavy (non-hydrogen) atoms. The van der Waals surface area contributed by atoms with E-state index in [0.29, 0.717) is 7.28 Å². The topological polar surface area (TPSA) is 53.4 Å². The molecule has 0 fully saturated rings. The Morgan fingerprint density at radius 1 is 1.20 bits per heavy atom. The van der Waals surface area contributed by atoms with Gasteiger partial charge in [0.05, 0.1) is 5.60 Å². The van der Waals surface area contributed by atoms with E-state index in [1.165, 1.54) is 0 Å². The highest BCUT2D eigenvalue weighted by Crippen LogP contribution is 2.36. The van der Waals surface area contributed by atoms with E-state index in [9.17, 15) is 10.2 Å². The standard InChI is InChI=1S/C11H18BNO2/c1-10(2,11(3,4)15)12-8-6-5-7-9(14)13-8/h5-7,12,15H,1-4H3,(H,13,14). The van der Waals surface area contributed by atoms with Gasteiger partial charge in [0, 0.05) is 11.7 Å². The maximum atomic E-state index is 9.99. The van der Waals surface area contributed by atoms with Crippen molar-refractivity contribution in [2.45, 2.75) is 38.6 Å². The second kappa shape index (κ2) is 3.85. The molecule has 0 radical (unpaired) electrons. The van der Waals surface area contributed by atoms with E-state index < -0.39 is 5.60 Å². The molecular formula is C11H18BNO2. The molecule has 0 atom stereocenters. The van der Waals surface area contributed by atoms with Gasteiger partial charge in [-0.15, -0.1) is 0 Å². The normalized spacial score (nSPS) is 12.6. The summed E-state index contributed by atoms with van der Waals surface area (Å²) in [6, 6.07) is 5.16. The van der Waals surface area contributed by atoms with Crippen LogP contribution in [-0.2, 0) is 0 Å². The summed E-state index contributed by atoms with van der Waals surface area (Å²) >= 11 is 0. The molecule has 82 valence electrons. The van der Waals surface area contributed by atoms with Gasteiger partial charge in [-0.1, -0.05) is 26.0 Å². The molecule has 0 aliphatic rings. The molecule has 0 saturated heterocycles. The first kappa shape index (κ1) is 12.0. The third-order valence-electron chi connectivity index (χ3n) is 3.07. The lowest BCUT2D eigenvalue weighted by molar-refractivity contribution is 0.0410. The Labute approximate surface area is 91.4 Å². The summed E-state index contributed by atoms with van der Waals surface area (Å²) in [5, 5.41) is 18.9. The third kappa shape index (κ3) is 2.96. The van der Waals surface area contributed by atoms with Gasteiger partial charge in [-0.3, -0.25) is 0 Å². The van der Waals surface area contributed by atoms with Crippen molar-refractivity contribution in [3.8, 4) is 5.88 Å². The molecule has 0 aromatic carbocycles. The summed E-state index contributed by atoms with van der Waals surface area (Å²) < 4.78 is 0. The first-order valence-corrected chi connectivity index (χ1v) is 5.10. The summed E-state index contributed by atoms with van der Waals surface area (Å²) in [7, 11) is 0.630. The minimum Gasteiger partial charge on any atom is -0.493 e. The van der Waals surface area contributed by atoms with Crippen LogP contribution in [0.15, 0.2) is 18.2 Å². The lowest BCUT2D eigenvalue weighted by Gasteiger charge is -2.36. The van der Waals surface area contributed by atoms with E-state index >= 15 is 0 Å². The summed E-state index contributed by atoms with van der Waals surface area (Å²) in [5.74, 6) is 0.0269. The molecule has 0 aliphatic carbocycles. The minimum atomic E-state index is -0.778. The van der Waals surface area contributed by atoms with Crippen LogP contribution in [0.25, 0.3) is 0 Å². The quantitative estimate of drug-likeness (QED) is 0.721. The predicted octanol–water partition coefficient (Wildman–Crippen LogP) is 0.818. The van der Waals surface area contributed by atoms with Crippen LogP contribution < -0.4 is 5.59 Å². The van der Waals surface area contributed by atoms with Gasteiger partial charge in [0.15, 0.2) is 7.28 Å². The Balaban J connectivity index is 2.87. The van der Waals surface area contributed by atoms with E-state index in [-0.39, 0.29) is 11.2 Å². The highest BCUT2D eigenvalue weighted by atomic mass is 16.3. The third-order valence-corrected chi connectivity index (χ3v) is 3.07.